The van der Waals surface area contributed by atoms with E-state index in [0.29, 0.717) is 25.5 Å². The molecule has 5 heteroatoms. The minimum Gasteiger partial charge on any atom is -0.468 e. The van der Waals surface area contributed by atoms with Crippen molar-refractivity contribution in [3.05, 3.63) is 23.7 Å². The monoisotopic (exact) mass is 253 g/mol. The van der Waals surface area contributed by atoms with Crippen LogP contribution in [-0.2, 0) is 14.3 Å². The smallest absolute Gasteiger partial charge is 0.317 e. The van der Waals surface area contributed by atoms with E-state index < -0.39 is 0 Å². The van der Waals surface area contributed by atoms with Crippen molar-refractivity contribution >= 4 is 5.97 Å². The van der Waals surface area contributed by atoms with Gasteiger partial charge in [0.1, 0.15) is 17.4 Å². The minimum atomic E-state index is -0.359. The van der Waals surface area contributed by atoms with Crippen LogP contribution in [0.25, 0.3) is 0 Å². The number of carbonyl (C=O) groups excluding carboxylic acids is 1. The maximum atomic E-state index is 11.9. The number of esters is 1. The van der Waals surface area contributed by atoms with E-state index in [4.69, 9.17) is 13.9 Å². The standard InChI is InChI=1S/C13H19NO4/c1-10-3-4-12(18-10)11(13(15)16-2)9-14-5-7-17-8-6-14/h3-4,11H,5-9H2,1-2H3. The zero-order valence-electron chi connectivity index (χ0n) is 10.8. The van der Waals surface area contributed by atoms with E-state index in [1.165, 1.54) is 7.11 Å². The Kier molecular flexibility index (Phi) is 4.38. The summed E-state index contributed by atoms with van der Waals surface area (Å²) in [5.41, 5.74) is 0. The molecule has 2 heterocycles. The zero-order chi connectivity index (χ0) is 13.0. The molecular weight excluding hydrogens is 234 g/mol. The third kappa shape index (κ3) is 3.11. The van der Waals surface area contributed by atoms with Crippen LogP contribution in [0.1, 0.15) is 17.4 Å². The number of nitrogens with zero attached hydrogens (tertiary/aromatic N) is 1. The summed E-state index contributed by atoms with van der Waals surface area (Å²) in [4.78, 5) is 14.1. The average molecular weight is 253 g/mol. The largest absolute Gasteiger partial charge is 0.468 e. The van der Waals surface area contributed by atoms with Crippen molar-refractivity contribution in [1.82, 2.24) is 4.90 Å². The van der Waals surface area contributed by atoms with Gasteiger partial charge in [-0.05, 0) is 19.1 Å². The number of morpholine rings is 1. The Hall–Kier alpha value is -1.33. The molecule has 1 unspecified atom stereocenters. The Morgan fingerprint density at radius 1 is 1.44 bits per heavy atom. The van der Waals surface area contributed by atoms with Crippen molar-refractivity contribution in [2.24, 2.45) is 0 Å². The summed E-state index contributed by atoms with van der Waals surface area (Å²) < 4.78 is 15.7. The van der Waals surface area contributed by atoms with Gasteiger partial charge >= 0.3 is 5.97 Å². The van der Waals surface area contributed by atoms with Crippen molar-refractivity contribution in [2.45, 2.75) is 12.8 Å². The van der Waals surface area contributed by atoms with Gasteiger partial charge in [0.05, 0.1) is 20.3 Å². The summed E-state index contributed by atoms with van der Waals surface area (Å²) in [5.74, 6) is 0.865. The first-order valence-corrected chi connectivity index (χ1v) is 6.15. The molecule has 1 fully saturated rings. The van der Waals surface area contributed by atoms with E-state index in [1.54, 1.807) is 0 Å². The molecule has 0 radical (unpaired) electrons. The van der Waals surface area contributed by atoms with Crippen LogP contribution in [0.15, 0.2) is 16.5 Å². The second-order valence-electron chi connectivity index (χ2n) is 4.44. The van der Waals surface area contributed by atoms with Crippen LogP contribution in [-0.4, -0.2) is 50.8 Å². The molecule has 1 aromatic rings. The highest BCUT2D eigenvalue weighted by Gasteiger charge is 2.27. The second-order valence-corrected chi connectivity index (χ2v) is 4.44. The third-order valence-electron chi connectivity index (χ3n) is 3.13. The van der Waals surface area contributed by atoms with Crippen molar-refractivity contribution in [3.63, 3.8) is 0 Å². The number of carbonyl (C=O) groups is 1. The van der Waals surface area contributed by atoms with Gasteiger partial charge in [-0.25, -0.2) is 0 Å². The highest BCUT2D eigenvalue weighted by molar-refractivity contribution is 5.77. The molecule has 2 rings (SSSR count). The van der Waals surface area contributed by atoms with Gasteiger partial charge < -0.3 is 13.9 Å². The predicted molar refractivity (Wildman–Crippen MR) is 65.5 cm³/mol. The topological polar surface area (TPSA) is 51.9 Å². The number of hydrogen-bond donors (Lipinski definition) is 0. The number of ether oxygens (including phenoxy) is 2. The second kappa shape index (κ2) is 6.02. The molecule has 1 aromatic heterocycles. The van der Waals surface area contributed by atoms with Gasteiger partial charge in [-0.3, -0.25) is 9.69 Å². The summed E-state index contributed by atoms with van der Waals surface area (Å²) in [6.45, 7) is 5.59. The Balaban J connectivity index is 2.07. The zero-order valence-corrected chi connectivity index (χ0v) is 10.8. The quantitative estimate of drug-likeness (QED) is 0.754. The number of hydrogen-bond acceptors (Lipinski definition) is 5. The fraction of sp³-hybridized carbons (Fsp3) is 0.615. The van der Waals surface area contributed by atoms with Crippen LogP contribution >= 0.6 is 0 Å². The fourth-order valence-electron chi connectivity index (χ4n) is 2.11. The maximum Gasteiger partial charge on any atom is 0.317 e. The van der Waals surface area contributed by atoms with Crippen LogP contribution in [0.4, 0.5) is 0 Å². The molecule has 0 amide bonds. The predicted octanol–water partition coefficient (Wildman–Crippen LogP) is 1.18. The lowest BCUT2D eigenvalue weighted by Crippen LogP contribution is -2.40. The first-order chi connectivity index (χ1) is 8.70. The first kappa shape index (κ1) is 13.1. The fourth-order valence-corrected chi connectivity index (χ4v) is 2.11. The lowest BCUT2D eigenvalue weighted by molar-refractivity contribution is -0.143. The summed E-state index contributed by atoms with van der Waals surface area (Å²) in [7, 11) is 1.41. The number of rotatable bonds is 4. The van der Waals surface area contributed by atoms with Crippen LogP contribution < -0.4 is 0 Å². The molecule has 100 valence electrons. The normalized spacial score (nSPS) is 18.6. The molecule has 0 saturated carbocycles. The molecule has 1 aliphatic heterocycles. The highest BCUT2D eigenvalue weighted by atomic mass is 16.5. The summed E-state index contributed by atoms with van der Waals surface area (Å²) >= 11 is 0. The summed E-state index contributed by atoms with van der Waals surface area (Å²) in [5, 5.41) is 0. The molecule has 1 atom stereocenters. The Labute approximate surface area is 107 Å². The number of methoxy groups -OCH3 is 1. The first-order valence-electron chi connectivity index (χ1n) is 6.15. The van der Waals surface area contributed by atoms with E-state index in [0.717, 1.165) is 18.8 Å². The average Bonchev–Trinajstić information content (AvgIpc) is 2.83. The molecule has 1 aliphatic rings. The highest BCUT2D eigenvalue weighted by Crippen LogP contribution is 2.21. The molecular formula is C13H19NO4. The van der Waals surface area contributed by atoms with Gasteiger partial charge in [0.25, 0.3) is 0 Å². The summed E-state index contributed by atoms with van der Waals surface area (Å²) in [6, 6.07) is 3.71. The van der Waals surface area contributed by atoms with Gasteiger partial charge in [0.15, 0.2) is 0 Å². The molecule has 0 bridgehead atoms. The van der Waals surface area contributed by atoms with Crippen molar-refractivity contribution in [1.29, 1.82) is 0 Å². The van der Waals surface area contributed by atoms with Gasteiger partial charge in [0, 0.05) is 19.6 Å². The lowest BCUT2D eigenvalue weighted by Gasteiger charge is -2.28. The molecule has 5 nitrogen and oxygen atoms in total. The lowest BCUT2D eigenvalue weighted by atomic mass is 10.1. The Bertz CT molecular complexity index is 395. The molecule has 0 spiro atoms. The maximum absolute atomic E-state index is 11.9. The van der Waals surface area contributed by atoms with E-state index in [1.807, 2.05) is 19.1 Å². The molecule has 18 heavy (non-hydrogen) atoms. The summed E-state index contributed by atoms with van der Waals surface area (Å²) in [6.07, 6.45) is 0. The van der Waals surface area contributed by atoms with Crippen LogP contribution in [0, 0.1) is 6.92 Å². The van der Waals surface area contributed by atoms with E-state index in [-0.39, 0.29) is 11.9 Å². The molecule has 1 saturated heterocycles. The van der Waals surface area contributed by atoms with Crippen LogP contribution in [0.5, 0.6) is 0 Å². The third-order valence-corrected chi connectivity index (χ3v) is 3.13. The van der Waals surface area contributed by atoms with Gasteiger partial charge in [0.2, 0.25) is 0 Å². The van der Waals surface area contributed by atoms with E-state index in [9.17, 15) is 4.79 Å². The van der Waals surface area contributed by atoms with Crippen molar-refractivity contribution in [3.8, 4) is 0 Å². The number of furan rings is 1. The Morgan fingerprint density at radius 2 is 2.17 bits per heavy atom. The Morgan fingerprint density at radius 3 is 2.72 bits per heavy atom. The number of aryl methyl sites for hydroxylation is 1. The van der Waals surface area contributed by atoms with Gasteiger partial charge in [-0.15, -0.1) is 0 Å². The van der Waals surface area contributed by atoms with Crippen LogP contribution in [0.3, 0.4) is 0 Å². The molecule has 0 N–H and O–H groups in total. The van der Waals surface area contributed by atoms with Crippen LogP contribution in [0.2, 0.25) is 0 Å². The van der Waals surface area contributed by atoms with Crippen molar-refractivity contribution in [2.75, 3.05) is 40.0 Å². The van der Waals surface area contributed by atoms with Gasteiger partial charge in [-0.2, -0.15) is 0 Å². The molecule has 0 aromatic carbocycles. The SMILES string of the molecule is COC(=O)C(CN1CCOCC1)c1ccc(C)o1. The van der Waals surface area contributed by atoms with Crippen molar-refractivity contribution < 1.29 is 18.7 Å². The van der Waals surface area contributed by atoms with E-state index >= 15 is 0 Å². The molecule has 0 aliphatic carbocycles. The van der Waals surface area contributed by atoms with Gasteiger partial charge in [-0.1, -0.05) is 0 Å². The van der Waals surface area contributed by atoms with E-state index in [2.05, 4.69) is 4.90 Å². The minimum absolute atomic E-state index is 0.254.